The van der Waals surface area contributed by atoms with Gasteiger partial charge in [-0.25, -0.2) is 14.0 Å². The number of nitrogens with one attached hydrogen (secondary N) is 2. The minimum absolute atomic E-state index is 0.0332. The van der Waals surface area contributed by atoms with Crippen LogP contribution in [-0.4, -0.2) is 57.7 Å². The predicted molar refractivity (Wildman–Crippen MR) is 107 cm³/mol. The molecule has 0 radical (unpaired) electrons. The molecule has 0 unspecified atom stereocenters. The predicted octanol–water partition coefficient (Wildman–Crippen LogP) is 3.36. The molecule has 3 N–H and O–H groups in total. The number of benzene rings is 1. The van der Waals surface area contributed by atoms with E-state index in [1.807, 2.05) is 18.7 Å². The number of carbonyl (C=O) groups is 2. The molecule has 9 heteroatoms. The van der Waals surface area contributed by atoms with Crippen molar-refractivity contribution in [1.82, 2.24) is 14.8 Å². The molecule has 1 aliphatic heterocycles. The van der Waals surface area contributed by atoms with Crippen molar-refractivity contribution >= 4 is 23.5 Å². The molecular formula is C20H24FN5O3. The second-order valence-corrected chi connectivity index (χ2v) is 7.09. The second kappa shape index (κ2) is 8.87. The van der Waals surface area contributed by atoms with Crippen LogP contribution in [-0.2, 0) is 6.54 Å². The van der Waals surface area contributed by atoms with Crippen LogP contribution in [0.3, 0.4) is 0 Å². The molecule has 2 aromatic rings. The molecule has 3 rings (SSSR count). The van der Waals surface area contributed by atoms with Gasteiger partial charge in [0, 0.05) is 55.4 Å². The van der Waals surface area contributed by atoms with Gasteiger partial charge in [0.1, 0.15) is 0 Å². The van der Waals surface area contributed by atoms with E-state index in [-0.39, 0.29) is 11.7 Å². The lowest BCUT2D eigenvalue weighted by Crippen LogP contribution is -2.52. The largest absolute Gasteiger partial charge is 0.465 e. The first-order valence-electron chi connectivity index (χ1n) is 9.33. The summed E-state index contributed by atoms with van der Waals surface area (Å²) < 4.78 is 14.9. The number of pyridine rings is 1. The van der Waals surface area contributed by atoms with Gasteiger partial charge in [-0.2, -0.15) is 0 Å². The third-order valence-electron chi connectivity index (χ3n) is 4.89. The van der Waals surface area contributed by atoms with Crippen molar-refractivity contribution < 1.29 is 19.1 Å². The Morgan fingerprint density at radius 1 is 1.28 bits per heavy atom. The maximum Gasteiger partial charge on any atom is 0.407 e. The molecule has 29 heavy (non-hydrogen) atoms. The number of nitrogens with zero attached hydrogens (tertiary/aromatic N) is 3. The lowest BCUT2D eigenvalue weighted by molar-refractivity contribution is 0.0706. The first-order chi connectivity index (χ1) is 13.8. The molecule has 0 spiro atoms. The fraction of sp³-hybridized carbons (Fsp3) is 0.350. The molecule has 0 bridgehead atoms. The van der Waals surface area contributed by atoms with Gasteiger partial charge < -0.3 is 20.6 Å². The number of amides is 3. The lowest BCUT2D eigenvalue weighted by atomic mass is 10.1. The first-order valence-corrected chi connectivity index (χ1v) is 9.33. The van der Waals surface area contributed by atoms with Crippen LogP contribution in [0.4, 0.5) is 25.4 Å². The van der Waals surface area contributed by atoms with E-state index in [2.05, 4.69) is 15.6 Å². The van der Waals surface area contributed by atoms with Gasteiger partial charge in [-0.05, 0) is 32.0 Å². The third-order valence-corrected chi connectivity index (χ3v) is 4.89. The Morgan fingerprint density at radius 3 is 2.76 bits per heavy atom. The molecule has 0 saturated carbocycles. The van der Waals surface area contributed by atoms with E-state index >= 15 is 0 Å². The van der Waals surface area contributed by atoms with Gasteiger partial charge in [-0.3, -0.25) is 9.88 Å². The van der Waals surface area contributed by atoms with E-state index in [4.69, 9.17) is 5.11 Å². The molecule has 1 aromatic heterocycles. The van der Waals surface area contributed by atoms with Crippen LogP contribution in [0, 0.1) is 12.7 Å². The molecule has 1 saturated heterocycles. The highest BCUT2D eigenvalue weighted by Gasteiger charge is 2.27. The Balaban J connectivity index is 1.65. The Kier molecular flexibility index (Phi) is 6.28. The summed E-state index contributed by atoms with van der Waals surface area (Å²) in [6, 6.07) is 7.64. The summed E-state index contributed by atoms with van der Waals surface area (Å²) in [6.45, 7) is 5.34. The number of rotatable bonds is 4. The quantitative estimate of drug-likeness (QED) is 0.730. The number of aromatic nitrogens is 1. The Bertz CT molecular complexity index is 907. The summed E-state index contributed by atoms with van der Waals surface area (Å²) in [7, 11) is 0. The smallest absolute Gasteiger partial charge is 0.407 e. The van der Waals surface area contributed by atoms with E-state index in [0.717, 1.165) is 5.69 Å². The number of urea groups is 1. The van der Waals surface area contributed by atoms with Gasteiger partial charge >= 0.3 is 12.1 Å². The van der Waals surface area contributed by atoms with Crippen molar-refractivity contribution in [2.75, 3.05) is 30.3 Å². The minimum atomic E-state index is -0.940. The van der Waals surface area contributed by atoms with Gasteiger partial charge in [0.05, 0.1) is 5.69 Å². The Morgan fingerprint density at radius 2 is 2.07 bits per heavy atom. The van der Waals surface area contributed by atoms with Gasteiger partial charge in [0.25, 0.3) is 0 Å². The van der Waals surface area contributed by atoms with E-state index in [0.29, 0.717) is 37.4 Å². The van der Waals surface area contributed by atoms with Crippen LogP contribution in [0.1, 0.15) is 18.2 Å². The molecule has 1 aliphatic rings. The first kappa shape index (κ1) is 20.5. The average molecular weight is 401 g/mol. The fourth-order valence-electron chi connectivity index (χ4n) is 3.33. The zero-order valence-corrected chi connectivity index (χ0v) is 16.4. The van der Waals surface area contributed by atoms with Crippen molar-refractivity contribution in [3.63, 3.8) is 0 Å². The van der Waals surface area contributed by atoms with E-state index in [9.17, 15) is 14.0 Å². The molecule has 154 valence electrons. The van der Waals surface area contributed by atoms with Gasteiger partial charge in [0.15, 0.2) is 5.82 Å². The zero-order chi connectivity index (χ0) is 21.0. The van der Waals surface area contributed by atoms with Crippen LogP contribution in [0.25, 0.3) is 0 Å². The van der Waals surface area contributed by atoms with E-state index in [1.165, 1.54) is 11.0 Å². The minimum Gasteiger partial charge on any atom is -0.465 e. The van der Waals surface area contributed by atoms with E-state index in [1.54, 1.807) is 30.5 Å². The summed E-state index contributed by atoms with van der Waals surface area (Å²) in [4.78, 5) is 30.8. The number of hydrogen-bond donors (Lipinski definition) is 3. The normalized spacial score (nSPS) is 17.1. The summed E-state index contributed by atoms with van der Waals surface area (Å²) in [6.07, 6.45) is 0.640. The van der Waals surface area contributed by atoms with Gasteiger partial charge in [-0.1, -0.05) is 12.1 Å². The number of piperazine rings is 1. The Labute approximate surface area is 168 Å². The number of anilines is 2. The molecular weight excluding hydrogens is 377 g/mol. The van der Waals surface area contributed by atoms with Crippen molar-refractivity contribution in [1.29, 1.82) is 0 Å². The fourth-order valence-corrected chi connectivity index (χ4v) is 3.33. The number of hydrogen-bond acceptors (Lipinski definition) is 4. The highest BCUT2D eigenvalue weighted by Crippen LogP contribution is 2.22. The third kappa shape index (κ3) is 5.20. The van der Waals surface area contributed by atoms with Gasteiger partial charge in [0.2, 0.25) is 0 Å². The van der Waals surface area contributed by atoms with Crippen molar-refractivity contribution in [3.8, 4) is 0 Å². The number of halogens is 1. The summed E-state index contributed by atoms with van der Waals surface area (Å²) in [5.41, 5.74) is 1.85. The van der Waals surface area contributed by atoms with Crippen LogP contribution in [0.2, 0.25) is 0 Å². The topological polar surface area (TPSA) is 97.8 Å². The summed E-state index contributed by atoms with van der Waals surface area (Å²) in [5, 5.41) is 14.3. The molecule has 1 fully saturated rings. The van der Waals surface area contributed by atoms with Crippen LogP contribution in [0.5, 0.6) is 0 Å². The average Bonchev–Trinajstić information content (AvgIpc) is 2.66. The highest BCUT2D eigenvalue weighted by molar-refractivity contribution is 5.99. The lowest BCUT2D eigenvalue weighted by Gasteiger charge is -2.38. The zero-order valence-electron chi connectivity index (χ0n) is 16.4. The van der Waals surface area contributed by atoms with Crippen molar-refractivity contribution in [2.45, 2.75) is 26.4 Å². The maximum atomic E-state index is 14.9. The SMILES string of the molecule is Cc1cc(NC(=O)Nc2cccc(CN3CCN(C(=O)O)C[C@H]3C)c2F)ccn1. The monoisotopic (exact) mass is 401 g/mol. The number of aryl methyl sites for hydroxylation is 1. The number of carbonyl (C=O) groups excluding carboxylic acids is 1. The highest BCUT2D eigenvalue weighted by atomic mass is 19.1. The van der Waals surface area contributed by atoms with Crippen LogP contribution >= 0.6 is 0 Å². The number of carboxylic acid groups (broad SMARTS) is 1. The standard InChI is InChI=1S/C20H24FN5O3/c1-13-10-16(6-7-22-13)23-19(27)24-17-5-3-4-15(18(17)21)12-25-8-9-26(20(28)29)11-14(25)2/h3-7,10,14H,8-9,11-12H2,1-2H3,(H,28,29)(H2,22,23,24,27)/t14-/m1/s1. The second-order valence-electron chi connectivity index (χ2n) is 7.09. The Hall–Kier alpha value is -3.20. The molecule has 2 heterocycles. The van der Waals surface area contributed by atoms with Crippen LogP contribution < -0.4 is 10.6 Å². The summed E-state index contributed by atoms with van der Waals surface area (Å²) in [5.74, 6) is -0.499. The van der Waals surface area contributed by atoms with Crippen LogP contribution in [0.15, 0.2) is 36.5 Å². The molecule has 0 aliphatic carbocycles. The molecule has 8 nitrogen and oxygen atoms in total. The molecule has 1 atom stereocenters. The van der Waals surface area contributed by atoms with Crippen molar-refractivity contribution in [2.24, 2.45) is 0 Å². The molecule has 1 aromatic carbocycles. The molecule has 3 amide bonds. The van der Waals surface area contributed by atoms with Crippen molar-refractivity contribution in [3.05, 3.63) is 53.6 Å². The summed E-state index contributed by atoms with van der Waals surface area (Å²) >= 11 is 0. The van der Waals surface area contributed by atoms with Gasteiger partial charge in [-0.15, -0.1) is 0 Å². The maximum absolute atomic E-state index is 14.9. The van der Waals surface area contributed by atoms with E-state index < -0.39 is 17.9 Å².